The molecule has 17 heavy (non-hydrogen) atoms. The third-order valence-corrected chi connectivity index (χ3v) is 4.56. The lowest BCUT2D eigenvalue weighted by Gasteiger charge is -2.22. The van der Waals surface area contributed by atoms with Crippen molar-refractivity contribution in [3.63, 3.8) is 0 Å². The minimum absolute atomic E-state index is 0.705. The molecule has 4 atom stereocenters. The van der Waals surface area contributed by atoms with Crippen molar-refractivity contribution in [3.8, 4) is 0 Å². The van der Waals surface area contributed by atoms with E-state index in [-0.39, 0.29) is 0 Å². The molecule has 0 aromatic carbocycles. The summed E-state index contributed by atoms with van der Waals surface area (Å²) in [4.78, 5) is 0. The quantitative estimate of drug-likeness (QED) is 0.658. The van der Waals surface area contributed by atoms with Gasteiger partial charge in [0.1, 0.15) is 0 Å². The minimum Gasteiger partial charge on any atom is -0.314 e. The maximum atomic E-state index is 3.75. The van der Waals surface area contributed by atoms with E-state index >= 15 is 0 Å². The molecule has 1 N–H and O–H groups in total. The minimum atomic E-state index is 0.705. The molecule has 98 valence electrons. The molecule has 2 aliphatic rings. The first-order valence-electron chi connectivity index (χ1n) is 7.57. The van der Waals surface area contributed by atoms with E-state index < -0.39 is 0 Å². The number of rotatable bonds is 7. The SMILES string of the molecule is CC(C)CCCC(C)NCC1CC2C=CC1C2. The van der Waals surface area contributed by atoms with E-state index in [1.807, 2.05) is 0 Å². The second kappa shape index (κ2) is 6.04. The summed E-state index contributed by atoms with van der Waals surface area (Å²) < 4.78 is 0. The maximum absolute atomic E-state index is 3.75. The van der Waals surface area contributed by atoms with Crippen LogP contribution < -0.4 is 5.32 Å². The van der Waals surface area contributed by atoms with Crippen molar-refractivity contribution in [2.24, 2.45) is 23.7 Å². The van der Waals surface area contributed by atoms with E-state index in [9.17, 15) is 0 Å². The standard InChI is InChI=1S/C16H29N/c1-12(2)5-4-6-13(3)17-11-16-10-14-7-8-15(16)9-14/h7-8,12-17H,4-6,9-11H2,1-3H3. The summed E-state index contributed by atoms with van der Waals surface area (Å²) in [6.45, 7) is 8.23. The number of hydrogen-bond acceptors (Lipinski definition) is 1. The molecule has 0 aromatic rings. The highest BCUT2D eigenvalue weighted by Crippen LogP contribution is 2.42. The molecule has 0 aromatic heterocycles. The Bertz CT molecular complexity index is 256. The van der Waals surface area contributed by atoms with Crippen LogP contribution in [0.3, 0.4) is 0 Å². The molecule has 0 spiro atoms. The molecule has 2 rings (SSSR count). The Hall–Kier alpha value is -0.300. The third-order valence-electron chi connectivity index (χ3n) is 4.56. The Labute approximate surface area is 107 Å². The van der Waals surface area contributed by atoms with Crippen molar-refractivity contribution >= 4 is 0 Å². The molecular weight excluding hydrogens is 206 g/mol. The average molecular weight is 235 g/mol. The Morgan fingerprint density at radius 1 is 1.12 bits per heavy atom. The second-order valence-electron chi connectivity index (χ2n) is 6.67. The number of fused-ring (bicyclic) bond motifs is 2. The van der Waals surface area contributed by atoms with Crippen LogP contribution in [-0.2, 0) is 0 Å². The molecule has 0 aliphatic heterocycles. The Morgan fingerprint density at radius 2 is 1.94 bits per heavy atom. The molecule has 1 nitrogen and oxygen atoms in total. The highest BCUT2D eigenvalue weighted by molar-refractivity contribution is 5.10. The fourth-order valence-electron chi connectivity index (χ4n) is 3.42. The zero-order valence-electron chi connectivity index (χ0n) is 11.8. The van der Waals surface area contributed by atoms with Crippen molar-refractivity contribution in [2.45, 2.75) is 58.9 Å². The molecule has 0 saturated heterocycles. The molecule has 1 fully saturated rings. The summed E-state index contributed by atoms with van der Waals surface area (Å²) >= 11 is 0. The Kier molecular flexibility index (Phi) is 4.67. The Morgan fingerprint density at radius 3 is 2.53 bits per heavy atom. The van der Waals surface area contributed by atoms with E-state index in [1.165, 1.54) is 38.6 Å². The van der Waals surface area contributed by atoms with Crippen LogP contribution in [0, 0.1) is 23.7 Å². The molecule has 0 radical (unpaired) electrons. The van der Waals surface area contributed by atoms with Gasteiger partial charge in [-0.2, -0.15) is 0 Å². The van der Waals surface area contributed by atoms with Gasteiger partial charge in [0.2, 0.25) is 0 Å². The summed E-state index contributed by atoms with van der Waals surface area (Å²) in [5.74, 6) is 3.61. The lowest BCUT2D eigenvalue weighted by molar-refractivity contribution is 0.373. The fraction of sp³-hybridized carbons (Fsp3) is 0.875. The van der Waals surface area contributed by atoms with Gasteiger partial charge in [-0.3, -0.25) is 0 Å². The third kappa shape index (κ3) is 3.84. The van der Waals surface area contributed by atoms with Gasteiger partial charge in [0.25, 0.3) is 0 Å². The first-order chi connectivity index (χ1) is 8.15. The fourth-order valence-corrected chi connectivity index (χ4v) is 3.42. The molecule has 1 saturated carbocycles. The van der Waals surface area contributed by atoms with Crippen molar-refractivity contribution < 1.29 is 0 Å². The topological polar surface area (TPSA) is 12.0 Å². The predicted molar refractivity (Wildman–Crippen MR) is 75.0 cm³/mol. The number of nitrogens with one attached hydrogen (secondary N) is 1. The highest BCUT2D eigenvalue weighted by Gasteiger charge is 2.35. The van der Waals surface area contributed by atoms with Crippen LogP contribution in [0.25, 0.3) is 0 Å². The van der Waals surface area contributed by atoms with Crippen molar-refractivity contribution in [3.05, 3.63) is 12.2 Å². The second-order valence-corrected chi connectivity index (χ2v) is 6.67. The van der Waals surface area contributed by atoms with Gasteiger partial charge in [0, 0.05) is 6.04 Å². The van der Waals surface area contributed by atoms with Gasteiger partial charge in [-0.25, -0.2) is 0 Å². The van der Waals surface area contributed by atoms with Gasteiger partial charge in [0.05, 0.1) is 0 Å². The normalized spacial score (nSPS) is 32.6. The smallest absolute Gasteiger partial charge is 0.00388 e. The Balaban J connectivity index is 1.57. The van der Waals surface area contributed by atoms with Gasteiger partial charge in [-0.1, -0.05) is 38.8 Å². The van der Waals surface area contributed by atoms with Gasteiger partial charge in [-0.05, 0) is 56.4 Å². The van der Waals surface area contributed by atoms with Crippen LogP contribution in [-0.4, -0.2) is 12.6 Å². The van der Waals surface area contributed by atoms with Crippen LogP contribution in [0.5, 0.6) is 0 Å². The van der Waals surface area contributed by atoms with Crippen molar-refractivity contribution in [1.82, 2.24) is 5.32 Å². The number of hydrogen-bond donors (Lipinski definition) is 1. The first-order valence-corrected chi connectivity index (χ1v) is 7.57. The summed E-state index contributed by atoms with van der Waals surface area (Å²) in [5.41, 5.74) is 0. The highest BCUT2D eigenvalue weighted by atomic mass is 14.9. The van der Waals surface area contributed by atoms with E-state index in [1.54, 1.807) is 0 Å². The van der Waals surface area contributed by atoms with Crippen LogP contribution >= 0.6 is 0 Å². The molecule has 2 bridgehead atoms. The summed E-state index contributed by atoms with van der Waals surface area (Å²) in [6.07, 6.45) is 11.9. The van der Waals surface area contributed by atoms with E-state index in [0.29, 0.717) is 6.04 Å². The lowest BCUT2D eigenvalue weighted by atomic mass is 9.93. The van der Waals surface area contributed by atoms with Crippen LogP contribution in [0.1, 0.15) is 52.9 Å². The molecule has 1 heteroatoms. The maximum Gasteiger partial charge on any atom is 0.00388 e. The summed E-state index contributed by atoms with van der Waals surface area (Å²) in [5, 5.41) is 3.75. The van der Waals surface area contributed by atoms with Gasteiger partial charge in [0.15, 0.2) is 0 Å². The van der Waals surface area contributed by atoms with Crippen molar-refractivity contribution in [1.29, 1.82) is 0 Å². The van der Waals surface area contributed by atoms with E-state index in [4.69, 9.17) is 0 Å². The molecule has 2 aliphatic carbocycles. The zero-order chi connectivity index (χ0) is 12.3. The van der Waals surface area contributed by atoms with E-state index in [0.717, 1.165) is 23.7 Å². The zero-order valence-corrected chi connectivity index (χ0v) is 11.8. The molecule has 4 unspecified atom stereocenters. The largest absolute Gasteiger partial charge is 0.314 e. The summed E-state index contributed by atoms with van der Waals surface area (Å²) in [6, 6.07) is 0.705. The van der Waals surface area contributed by atoms with Crippen LogP contribution in [0.15, 0.2) is 12.2 Å². The summed E-state index contributed by atoms with van der Waals surface area (Å²) in [7, 11) is 0. The average Bonchev–Trinajstić information content (AvgIpc) is 2.87. The first kappa shape index (κ1) is 13.1. The molecule has 0 heterocycles. The number of allylic oxidation sites excluding steroid dienone is 2. The molecule has 0 amide bonds. The van der Waals surface area contributed by atoms with E-state index in [2.05, 4.69) is 38.2 Å². The van der Waals surface area contributed by atoms with Crippen LogP contribution in [0.2, 0.25) is 0 Å². The monoisotopic (exact) mass is 235 g/mol. The molecular formula is C16H29N. The van der Waals surface area contributed by atoms with Gasteiger partial charge >= 0.3 is 0 Å². The lowest BCUT2D eigenvalue weighted by Crippen LogP contribution is -2.32. The van der Waals surface area contributed by atoms with Gasteiger partial charge in [-0.15, -0.1) is 0 Å². The van der Waals surface area contributed by atoms with Crippen LogP contribution in [0.4, 0.5) is 0 Å². The van der Waals surface area contributed by atoms with Crippen molar-refractivity contribution in [2.75, 3.05) is 6.54 Å². The van der Waals surface area contributed by atoms with Gasteiger partial charge < -0.3 is 5.32 Å². The predicted octanol–water partition coefficient (Wildman–Crippen LogP) is 4.00.